The van der Waals surface area contributed by atoms with Crippen LogP contribution in [0.15, 0.2) is 30.3 Å². The monoisotopic (exact) mass is 348 g/mol. The molecule has 0 radical (unpaired) electrons. The predicted octanol–water partition coefficient (Wildman–Crippen LogP) is 2.82. The zero-order chi connectivity index (χ0) is 17.7. The van der Waals surface area contributed by atoms with Gasteiger partial charge in [0.15, 0.2) is 0 Å². The highest BCUT2D eigenvalue weighted by molar-refractivity contribution is 7.81. The van der Waals surface area contributed by atoms with E-state index in [4.69, 9.17) is 0 Å². The Morgan fingerprint density at radius 1 is 1.38 bits per heavy atom. The predicted molar refractivity (Wildman–Crippen MR) is 100 cm³/mol. The van der Waals surface area contributed by atoms with Gasteiger partial charge in [-0.3, -0.25) is 9.59 Å². The Kier molecular flexibility index (Phi) is 6.33. The van der Waals surface area contributed by atoms with Crippen LogP contribution in [0.1, 0.15) is 45.6 Å². The van der Waals surface area contributed by atoms with Gasteiger partial charge in [-0.1, -0.05) is 30.3 Å². The Labute approximate surface area is 150 Å². The van der Waals surface area contributed by atoms with Gasteiger partial charge in [-0.2, -0.15) is 12.6 Å². The summed E-state index contributed by atoms with van der Waals surface area (Å²) < 4.78 is 0. The van der Waals surface area contributed by atoms with Crippen LogP contribution in [0.5, 0.6) is 0 Å². The molecule has 1 saturated heterocycles. The molecular formula is C19H28N2O2S. The summed E-state index contributed by atoms with van der Waals surface area (Å²) in [5.74, 6) is -0.148. The third-order valence-corrected chi connectivity index (χ3v) is 5.20. The van der Waals surface area contributed by atoms with Crippen molar-refractivity contribution in [2.75, 3.05) is 6.54 Å². The van der Waals surface area contributed by atoms with E-state index >= 15 is 0 Å². The molecule has 0 spiro atoms. The zero-order valence-corrected chi connectivity index (χ0v) is 15.7. The second-order valence-electron chi connectivity index (χ2n) is 7.05. The number of amides is 2. The van der Waals surface area contributed by atoms with E-state index in [2.05, 4.69) is 31.8 Å². The number of thiol groups is 1. The Morgan fingerprint density at radius 2 is 2.04 bits per heavy atom. The Bertz CT molecular complexity index is 574. The number of carbonyl (C=O) groups is 2. The molecule has 2 amide bonds. The van der Waals surface area contributed by atoms with Crippen molar-refractivity contribution in [3.63, 3.8) is 0 Å². The average molecular weight is 349 g/mol. The first-order chi connectivity index (χ1) is 11.3. The molecule has 5 heteroatoms. The van der Waals surface area contributed by atoms with Gasteiger partial charge in [0.1, 0.15) is 6.04 Å². The quantitative estimate of drug-likeness (QED) is 0.804. The van der Waals surface area contributed by atoms with Crippen LogP contribution >= 0.6 is 12.6 Å². The van der Waals surface area contributed by atoms with Gasteiger partial charge in [0.25, 0.3) is 0 Å². The zero-order valence-electron chi connectivity index (χ0n) is 14.8. The molecule has 0 bridgehead atoms. The average Bonchev–Trinajstić information content (AvgIpc) is 2.64. The van der Waals surface area contributed by atoms with Crippen LogP contribution in [0.25, 0.3) is 0 Å². The SMILES string of the molecule is CCN1C(=O)[C@@H](NC(=O)[C@@H](S)Cc2ccccc2)CCCC1(C)C. The number of nitrogens with zero attached hydrogens (tertiary/aromatic N) is 1. The molecule has 1 fully saturated rings. The number of likely N-dealkylation sites (N-methyl/N-ethyl adjacent to an activating group) is 1. The normalized spacial score (nSPS) is 21.9. The molecule has 2 rings (SSSR count). The second-order valence-corrected chi connectivity index (χ2v) is 7.68. The topological polar surface area (TPSA) is 49.4 Å². The molecule has 2 atom stereocenters. The summed E-state index contributed by atoms with van der Waals surface area (Å²) in [6.45, 7) is 6.83. The van der Waals surface area contributed by atoms with Gasteiger partial charge in [0.2, 0.25) is 11.8 Å². The van der Waals surface area contributed by atoms with Gasteiger partial charge in [-0.05, 0) is 52.0 Å². The van der Waals surface area contributed by atoms with Gasteiger partial charge in [-0.25, -0.2) is 0 Å². The summed E-state index contributed by atoms with van der Waals surface area (Å²) in [4.78, 5) is 27.2. The molecule has 0 saturated carbocycles. The smallest absolute Gasteiger partial charge is 0.245 e. The molecule has 24 heavy (non-hydrogen) atoms. The minimum absolute atomic E-state index is 0.0218. The standard InChI is InChI=1S/C19H28N2O2S/c1-4-21-18(23)15(11-8-12-19(21,2)3)20-17(22)16(24)13-14-9-6-5-7-10-14/h5-7,9-10,15-16,24H,4,8,11-13H2,1-3H3,(H,20,22)/t15-,16-/m0/s1. The van der Waals surface area contributed by atoms with Crippen molar-refractivity contribution in [1.82, 2.24) is 10.2 Å². The van der Waals surface area contributed by atoms with E-state index in [0.29, 0.717) is 19.4 Å². The maximum absolute atomic E-state index is 12.8. The number of carbonyl (C=O) groups excluding carboxylic acids is 2. The largest absolute Gasteiger partial charge is 0.343 e. The Morgan fingerprint density at radius 3 is 2.67 bits per heavy atom. The van der Waals surface area contributed by atoms with E-state index < -0.39 is 11.3 Å². The number of hydrogen-bond acceptors (Lipinski definition) is 3. The summed E-state index contributed by atoms with van der Waals surface area (Å²) in [6, 6.07) is 9.36. The summed E-state index contributed by atoms with van der Waals surface area (Å²) in [6.07, 6.45) is 3.12. The van der Waals surface area contributed by atoms with Gasteiger partial charge >= 0.3 is 0 Å². The highest BCUT2D eigenvalue weighted by atomic mass is 32.1. The lowest BCUT2D eigenvalue weighted by Crippen LogP contribution is -2.54. The van der Waals surface area contributed by atoms with Crippen LogP contribution in [0.2, 0.25) is 0 Å². The Hall–Kier alpha value is -1.49. The number of hydrogen-bond donors (Lipinski definition) is 2. The van der Waals surface area contributed by atoms with Crippen molar-refractivity contribution in [3.05, 3.63) is 35.9 Å². The molecule has 1 aromatic rings. The van der Waals surface area contributed by atoms with Gasteiger partial charge in [0.05, 0.1) is 5.25 Å². The number of nitrogens with one attached hydrogen (secondary N) is 1. The molecule has 0 aromatic heterocycles. The first-order valence-corrected chi connectivity index (χ1v) is 9.20. The summed E-state index contributed by atoms with van der Waals surface area (Å²) in [5.41, 5.74) is 0.909. The highest BCUT2D eigenvalue weighted by Crippen LogP contribution is 2.27. The molecule has 1 aliphatic rings. The third-order valence-electron chi connectivity index (χ3n) is 4.78. The fourth-order valence-corrected chi connectivity index (χ4v) is 3.68. The van der Waals surface area contributed by atoms with Gasteiger partial charge in [-0.15, -0.1) is 0 Å². The minimum atomic E-state index is -0.452. The lowest BCUT2D eigenvalue weighted by molar-refractivity contribution is -0.139. The third kappa shape index (κ3) is 4.53. The fourth-order valence-electron chi connectivity index (χ4n) is 3.40. The summed E-state index contributed by atoms with van der Waals surface area (Å²) >= 11 is 4.44. The molecule has 0 aliphatic carbocycles. The molecular weight excluding hydrogens is 320 g/mol. The van der Waals surface area contributed by atoms with Crippen molar-refractivity contribution in [3.8, 4) is 0 Å². The van der Waals surface area contributed by atoms with E-state index in [1.807, 2.05) is 42.2 Å². The number of rotatable bonds is 5. The lowest BCUT2D eigenvalue weighted by atomic mass is 9.97. The van der Waals surface area contributed by atoms with Crippen molar-refractivity contribution in [1.29, 1.82) is 0 Å². The van der Waals surface area contributed by atoms with Crippen LogP contribution in [-0.2, 0) is 16.0 Å². The first kappa shape index (κ1) is 18.8. The lowest BCUT2D eigenvalue weighted by Gasteiger charge is -2.37. The molecule has 1 N–H and O–H groups in total. The minimum Gasteiger partial charge on any atom is -0.343 e. The highest BCUT2D eigenvalue weighted by Gasteiger charge is 2.37. The molecule has 132 valence electrons. The van der Waals surface area contributed by atoms with E-state index in [-0.39, 0.29) is 17.4 Å². The second kappa shape index (κ2) is 8.06. The maximum Gasteiger partial charge on any atom is 0.245 e. The van der Waals surface area contributed by atoms with Crippen molar-refractivity contribution >= 4 is 24.4 Å². The molecule has 1 aromatic carbocycles. The summed E-state index contributed by atoms with van der Waals surface area (Å²) in [5, 5.41) is 2.47. The van der Waals surface area contributed by atoms with E-state index in [9.17, 15) is 9.59 Å². The van der Waals surface area contributed by atoms with Gasteiger partial charge in [0, 0.05) is 12.1 Å². The van der Waals surface area contributed by atoms with Crippen LogP contribution in [0.4, 0.5) is 0 Å². The number of likely N-dealkylation sites (tertiary alicyclic amines) is 1. The van der Waals surface area contributed by atoms with Crippen molar-refractivity contribution in [2.45, 2.75) is 63.3 Å². The molecule has 1 heterocycles. The van der Waals surface area contributed by atoms with E-state index in [1.165, 1.54) is 0 Å². The van der Waals surface area contributed by atoms with Crippen LogP contribution < -0.4 is 5.32 Å². The van der Waals surface area contributed by atoms with Crippen LogP contribution in [0, 0.1) is 0 Å². The molecule has 0 unspecified atom stereocenters. The van der Waals surface area contributed by atoms with Gasteiger partial charge < -0.3 is 10.2 Å². The number of benzene rings is 1. The molecule has 1 aliphatic heterocycles. The fraction of sp³-hybridized carbons (Fsp3) is 0.579. The van der Waals surface area contributed by atoms with E-state index in [1.54, 1.807) is 0 Å². The summed E-state index contributed by atoms with van der Waals surface area (Å²) in [7, 11) is 0. The van der Waals surface area contributed by atoms with E-state index in [0.717, 1.165) is 18.4 Å². The van der Waals surface area contributed by atoms with Crippen LogP contribution in [-0.4, -0.2) is 40.1 Å². The van der Waals surface area contributed by atoms with Crippen molar-refractivity contribution < 1.29 is 9.59 Å². The van der Waals surface area contributed by atoms with Crippen LogP contribution in [0.3, 0.4) is 0 Å². The Balaban J connectivity index is 2.00. The first-order valence-electron chi connectivity index (χ1n) is 8.69. The maximum atomic E-state index is 12.8. The molecule has 4 nitrogen and oxygen atoms in total. The van der Waals surface area contributed by atoms with Crippen molar-refractivity contribution in [2.24, 2.45) is 0 Å².